The van der Waals surface area contributed by atoms with Crippen LogP contribution in [-0.2, 0) is 0 Å². The van der Waals surface area contributed by atoms with E-state index in [0.29, 0.717) is 0 Å². The first-order chi connectivity index (χ1) is 9.43. The Labute approximate surface area is 125 Å². The third kappa shape index (κ3) is 7.13. The van der Waals surface area contributed by atoms with Gasteiger partial charge >= 0.3 is 0 Å². The van der Waals surface area contributed by atoms with E-state index in [1.807, 2.05) is 0 Å². The quantitative estimate of drug-likeness (QED) is 0.524. The standard InChI is InChI=1S/C9H12.C8H10.C3H8/c1-7-5-4-6-8(2)9(7)3;1-7-5-3-4-6-8(7)2;1-3-2/h4-6H,1-3H3;3-6H,1-2H3;3H2,1-2H3. The maximum Gasteiger partial charge on any atom is -0.0392 e. The first-order valence-corrected chi connectivity index (χ1v) is 7.49. The van der Waals surface area contributed by atoms with Crippen LogP contribution in [0.2, 0.25) is 0 Å². The van der Waals surface area contributed by atoms with Crippen molar-refractivity contribution in [1.29, 1.82) is 0 Å². The SMILES string of the molecule is CCC.Cc1cccc(C)c1C.Cc1ccccc1C. The summed E-state index contributed by atoms with van der Waals surface area (Å²) in [5, 5.41) is 0. The molecule has 0 heterocycles. The molecule has 0 amide bonds. The van der Waals surface area contributed by atoms with Gasteiger partial charge in [-0.15, -0.1) is 0 Å². The van der Waals surface area contributed by atoms with Crippen LogP contribution in [0, 0.1) is 34.6 Å². The van der Waals surface area contributed by atoms with E-state index < -0.39 is 0 Å². The Balaban J connectivity index is 0.000000304. The molecular formula is C20H30. The van der Waals surface area contributed by atoms with Gasteiger partial charge in [-0.2, -0.15) is 0 Å². The Morgan fingerprint density at radius 3 is 1.10 bits per heavy atom. The van der Waals surface area contributed by atoms with Gasteiger partial charge < -0.3 is 0 Å². The molecule has 110 valence electrons. The van der Waals surface area contributed by atoms with E-state index in [9.17, 15) is 0 Å². The Morgan fingerprint density at radius 2 is 0.850 bits per heavy atom. The molecule has 0 bridgehead atoms. The highest BCUT2D eigenvalue weighted by Crippen LogP contribution is 2.09. The maximum absolute atomic E-state index is 2.16. The van der Waals surface area contributed by atoms with Gasteiger partial charge in [-0.05, 0) is 62.4 Å². The highest BCUT2D eigenvalue weighted by atomic mass is 14.0. The molecule has 2 aromatic rings. The largest absolute Gasteiger partial charge is 0.0656 e. The van der Waals surface area contributed by atoms with Crippen molar-refractivity contribution in [2.75, 3.05) is 0 Å². The predicted molar refractivity (Wildman–Crippen MR) is 92.5 cm³/mol. The summed E-state index contributed by atoms with van der Waals surface area (Å²) in [4.78, 5) is 0. The number of aryl methyl sites for hydroxylation is 4. The van der Waals surface area contributed by atoms with Gasteiger partial charge in [0, 0.05) is 0 Å². The van der Waals surface area contributed by atoms with Crippen molar-refractivity contribution in [3.05, 3.63) is 70.3 Å². The number of rotatable bonds is 0. The molecular weight excluding hydrogens is 240 g/mol. The van der Waals surface area contributed by atoms with E-state index in [1.54, 1.807) is 0 Å². The van der Waals surface area contributed by atoms with Crippen LogP contribution in [0.1, 0.15) is 48.1 Å². The molecule has 0 heteroatoms. The highest BCUT2D eigenvalue weighted by Gasteiger charge is 1.91. The molecule has 0 N–H and O–H groups in total. The smallest absolute Gasteiger partial charge is 0.0392 e. The molecule has 0 aliphatic rings. The third-order valence-corrected chi connectivity index (χ3v) is 3.30. The topological polar surface area (TPSA) is 0 Å². The van der Waals surface area contributed by atoms with Crippen LogP contribution in [0.4, 0.5) is 0 Å². The number of benzene rings is 2. The molecule has 20 heavy (non-hydrogen) atoms. The van der Waals surface area contributed by atoms with Crippen molar-refractivity contribution in [2.24, 2.45) is 0 Å². The average molecular weight is 270 g/mol. The average Bonchev–Trinajstić information content (AvgIpc) is 2.41. The molecule has 2 aromatic carbocycles. The van der Waals surface area contributed by atoms with Crippen molar-refractivity contribution in [3.8, 4) is 0 Å². The molecule has 0 saturated heterocycles. The molecule has 0 fully saturated rings. The van der Waals surface area contributed by atoms with E-state index in [1.165, 1.54) is 34.2 Å². The molecule has 0 radical (unpaired) electrons. The molecule has 0 atom stereocenters. The molecule has 2 rings (SSSR count). The van der Waals surface area contributed by atoms with Crippen molar-refractivity contribution < 1.29 is 0 Å². The molecule has 0 aliphatic heterocycles. The van der Waals surface area contributed by atoms with E-state index in [4.69, 9.17) is 0 Å². The molecule has 0 aliphatic carbocycles. The number of hydrogen-bond donors (Lipinski definition) is 0. The number of hydrogen-bond acceptors (Lipinski definition) is 0. The van der Waals surface area contributed by atoms with E-state index in [-0.39, 0.29) is 0 Å². The summed E-state index contributed by atoms with van der Waals surface area (Å²) in [5.74, 6) is 0. The van der Waals surface area contributed by atoms with Crippen LogP contribution in [0.3, 0.4) is 0 Å². The lowest BCUT2D eigenvalue weighted by Gasteiger charge is -2.00. The predicted octanol–water partition coefficient (Wildman–Crippen LogP) is 6.33. The Kier molecular flexibility index (Phi) is 9.45. The molecule has 0 saturated carbocycles. The van der Waals surface area contributed by atoms with Gasteiger partial charge in [0.2, 0.25) is 0 Å². The fraction of sp³-hybridized carbons (Fsp3) is 0.400. The minimum Gasteiger partial charge on any atom is -0.0656 e. The Hall–Kier alpha value is -1.56. The van der Waals surface area contributed by atoms with Crippen molar-refractivity contribution >= 4 is 0 Å². The van der Waals surface area contributed by atoms with Crippen LogP contribution < -0.4 is 0 Å². The highest BCUT2D eigenvalue weighted by molar-refractivity contribution is 5.31. The minimum absolute atomic E-state index is 1.25. The summed E-state index contributed by atoms with van der Waals surface area (Å²) in [5.41, 5.74) is 6.92. The van der Waals surface area contributed by atoms with Crippen LogP contribution in [0.5, 0.6) is 0 Å². The van der Waals surface area contributed by atoms with Crippen molar-refractivity contribution in [1.82, 2.24) is 0 Å². The normalized spacial score (nSPS) is 8.95. The molecule has 0 unspecified atom stereocenters. The second kappa shape index (κ2) is 10.3. The summed E-state index contributed by atoms with van der Waals surface area (Å²) >= 11 is 0. The van der Waals surface area contributed by atoms with E-state index >= 15 is 0 Å². The van der Waals surface area contributed by atoms with Gasteiger partial charge in [0.05, 0.1) is 0 Å². The third-order valence-electron chi connectivity index (χ3n) is 3.30. The second-order valence-electron chi connectivity index (χ2n) is 5.31. The van der Waals surface area contributed by atoms with Crippen LogP contribution in [0.25, 0.3) is 0 Å². The van der Waals surface area contributed by atoms with Gasteiger partial charge in [-0.25, -0.2) is 0 Å². The van der Waals surface area contributed by atoms with E-state index in [0.717, 1.165) is 0 Å². The van der Waals surface area contributed by atoms with Gasteiger partial charge in [0.25, 0.3) is 0 Å². The van der Waals surface area contributed by atoms with Gasteiger partial charge in [0.1, 0.15) is 0 Å². The summed E-state index contributed by atoms with van der Waals surface area (Å²) in [6.07, 6.45) is 1.25. The Morgan fingerprint density at radius 1 is 0.550 bits per heavy atom. The van der Waals surface area contributed by atoms with Gasteiger partial charge in [-0.3, -0.25) is 0 Å². The summed E-state index contributed by atoms with van der Waals surface area (Å²) in [6, 6.07) is 14.7. The van der Waals surface area contributed by atoms with Crippen LogP contribution >= 0.6 is 0 Å². The molecule has 0 spiro atoms. The summed E-state index contributed by atoms with van der Waals surface area (Å²) in [7, 11) is 0. The first-order valence-electron chi connectivity index (χ1n) is 7.49. The van der Waals surface area contributed by atoms with Gasteiger partial charge in [0.15, 0.2) is 0 Å². The van der Waals surface area contributed by atoms with E-state index in [2.05, 4.69) is 90.9 Å². The van der Waals surface area contributed by atoms with Crippen LogP contribution in [-0.4, -0.2) is 0 Å². The molecule has 0 nitrogen and oxygen atoms in total. The summed E-state index contributed by atoms with van der Waals surface area (Å²) < 4.78 is 0. The monoisotopic (exact) mass is 270 g/mol. The fourth-order valence-corrected chi connectivity index (χ4v) is 1.56. The Bertz CT molecular complexity index is 454. The van der Waals surface area contributed by atoms with Crippen LogP contribution in [0.15, 0.2) is 42.5 Å². The zero-order valence-electron chi connectivity index (χ0n) is 14.2. The van der Waals surface area contributed by atoms with Gasteiger partial charge in [-0.1, -0.05) is 62.7 Å². The fourth-order valence-electron chi connectivity index (χ4n) is 1.56. The molecule has 0 aromatic heterocycles. The maximum atomic E-state index is 2.16. The van der Waals surface area contributed by atoms with Crippen molar-refractivity contribution in [2.45, 2.75) is 54.9 Å². The lowest BCUT2D eigenvalue weighted by Crippen LogP contribution is -1.82. The minimum atomic E-state index is 1.25. The second-order valence-corrected chi connectivity index (χ2v) is 5.31. The van der Waals surface area contributed by atoms with Crippen molar-refractivity contribution in [3.63, 3.8) is 0 Å². The lowest BCUT2D eigenvalue weighted by atomic mass is 10.1. The summed E-state index contributed by atoms with van der Waals surface area (Å²) in [6.45, 7) is 14.9. The first kappa shape index (κ1) is 18.4. The zero-order chi connectivity index (χ0) is 15.5. The zero-order valence-corrected chi connectivity index (χ0v) is 14.2. The lowest BCUT2D eigenvalue weighted by molar-refractivity contribution is 1.09.